The van der Waals surface area contributed by atoms with Crippen LogP contribution in [0.15, 0.2) is 66.7 Å². The summed E-state index contributed by atoms with van der Waals surface area (Å²) < 4.78 is 0. The van der Waals surface area contributed by atoms with Crippen molar-refractivity contribution < 1.29 is 20.8 Å². The normalized spacial score (nSPS) is 13.5. The van der Waals surface area contributed by atoms with Crippen LogP contribution >= 0.6 is 24.9 Å². The van der Waals surface area contributed by atoms with Gasteiger partial charge < -0.3 is 0 Å². The number of hydrogen-bond donors (Lipinski definition) is 0. The molecule has 0 fully saturated rings. The fourth-order valence-corrected chi connectivity index (χ4v) is 6.19. The summed E-state index contributed by atoms with van der Waals surface area (Å²) in [4.78, 5) is 0. The molecule has 0 spiro atoms. The van der Waals surface area contributed by atoms with Crippen molar-refractivity contribution >= 4 is 41.0 Å². The van der Waals surface area contributed by atoms with Crippen LogP contribution in [-0.2, 0) is 20.8 Å². The fourth-order valence-electron chi connectivity index (χ4n) is 2.94. The average Bonchev–Trinajstić information content (AvgIpc) is 3.34. The van der Waals surface area contributed by atoms with Gasteiger partial charge in [0.1, 0.15) is 0 Å². The van der Waals surface area contributed by atoms with E-state index in [9.17, 15) is 0 Å². The number of hydrogen-bond acceptors (Lipinski definition) is 0. The van der Waals surface area contributed by atoms with Gasteiger partial charge in [-0.15, -0.1) is 40.3 Å². The molecule has 0 radical (unpaired) electrons. The van der Waals surface area contributed by atoms with Crippen LogP contribution in [0.2, 0.25) is 0 Å². The van der Waals surface area contributed by atoms with Gasteiger partial charge in [0.25, 0.3) is 0 Å². The first-order valence-electron chi connectivity index (χ1n) is 9.15. The van der Waals surface area contributed by atoms with Gasteiger partial charge in [0.05, 0.1) is 0 Å². The van der Waals surface area contributed by atoms with Crippen LogP contribution in [0.4, 0.5) is 0 Å². The van der Waals surface area contributed by atoms with Crippen LogP contribution in [0, 0.1) is 0 Å². The van der Waals surface area contributed by atoms with Crippen molar-refractivity contribution in [3.05, 3.63) is 66.7 Å². The maximum atomic E-state index is 4.93. The van der Waals surface area contributed by atoms with Crippen LogP contribution in [0.5, 0.6) is 0 Å². The van der Waals surface area contributed by atoms with Crippen LogP contribution in [0.3, 0.4) is 0 Å². The Morgan fingerprint density at radius 2 is 1.50 bits per heavy atom. The number of halogens is 2. The smallest absolute Gasteiger partial charge is 0.172 e. The van der Waals surface area contributed by atoms with Crippen molar-refractivity contribution in [2.75, 3.05) is 0 Å². The molecule has 4 heteroatoms. The molecule has 0 aliphatic rings. The Morgan fingerprint density at radius 3 is 1.92 bits per heavy atom. The molecule has 3 rings (SSSR count). The fraction of sp³-hybridized carbons (Fsp3) is 0.364. The van der Waals surface area contributed by atoms with Crippen molar-refractivity contribution in [1.82, 2.24) is 0 Å². The Morgan fingerprint density at radius 1 is 0.962 bits per heavy atom. The second-order valence-electron chi connectivity index (χ2n) is 6.30. The van der Waals surface area contributed by atoms with E-state index < -0.39 is 20.8 Å². The summed E-state index contributed by atoms with van der Waals surface area (Å²) in [5, 5.41) is 4.42. The van der Waals surface area contributed by atoms with E-state index in [1.807, 2.05) is 30.3 Å². The van der Waals surface area contributed by atoms with E-state index in [-0.39, 0.29) is 7.92 Å². The second-order valence-corrected chi connectivity index (χ2v) is 13.1. The summed E-state index contributed by atoms with van der Waals surface area (Å²) in [7, 11) is 9.84. The Kier molecular flexibility index (Phi) is 13.1. The summed E-state index contributed by atoms with van der Waals surface area (Å²) in [6.45, 7) is 9.50. The van der Waals surface area contributed by atoms with Crippen molar-refractivity contribution in [2.45, 2.75) is 51.9 Å². The molecule has 0 saturated carbocycles. The molecule has 0 saturated heterocycles. The summed E-state index contributed by atoms with van der Waals surface area (Å²) in [5.41, 5.74) is 1.65. The zero-order valence-electron chi connectivity index (χ0n) is 16.1. The molecule has 26 heavy (non-hydrogen) atoms. The predicted octanol–water partition coefficient (Wildman–Crippen LogP) is 8.04. The van der Waals surface area contributed by atoms with E-state index >= 15 is 0 Å². The summed E-state index contributed by atoms with van der Waals surface area (Å²) in [6.07, 6.45) is 2.58. The third kappa shape index (κ3) is 7.98. The van der Waals surface area contributed by atoms with Crippen LogP contribution in [0.25, 0.3) is 10.8 Å². The molecule has 3 aromatic rings. The molecule has 2 atom stereocenters. The molecule has 0 amide bonds. The first kappa shape index (κ1) is 24.1. The SMILES string of the molecule is CCC(C)P(c1cc2ccccc2[cH-]1)C(C)CC.[Cl][Zr+2][Cl].c1cc[cH-]c1. The molecule has 0 N–H and O–H groups in total. The van der Waals surface area contributed by atoms with Crippen LogP contribution in [-0.4, -0.2) is 11.3 Å². The third-order valence-corrected chi connectivity index (χ3v) is 8.07. The maximum Gasteiger partial charge on any atom is -0.172 e. The van der Waals surface area contributed by atoms with Gasteiger partial charge in [-0.25, -0.2) is 12.1 Å². The van der Waals surface area contributed by atoms with Crippen molar-refractivity contribution in [3.8, 4) is 0 Å². The topological polar surface area (TPSA) is 0 Å². The minimum Gasteiger partial charge on any atom is -0.214 e. The maximum absolute atomic E-state index is 4.93. The Balaban J connectivity index is 0.000000351. The molecule has 2 unspecified atom stereocenters. The van der Waals surface area contributed by atoms with E-state index in [0.717, 1.165) is 11.3 Å². The van der Waals surface area contributed by atoms with Gasteiger partial charge in [0, 0.05) is 0 Å². The van der Waals surface area contributed by atoms with Gasteiger partial charge in [0.15, 0.2) is 0 Å². The van der Waals surface area contributed by atoms with Gasteiger partial charge in [0.2, 0.25) is 0 Å². The van der Waals surface area contributed by atoms with Gasteiger partial charge in [-0.05, 0) is 24.2 Å². The molecular weight excluding hydrogens is 457 g/mol. The third-order valence-electron chi connectivity index (χ3n) is 4.59. The van der Waals surface area contributed by atoms with E-state index in [2.05, 4.69) is 64.1 Å². The molecule has 3 aromatic carbocycles. The van der Waals surface area contributed by atoms with Gasteiger partial charge in [-0.3, -0.25) is 0 Å². The molecular formula is C22H29Cl2PZr. The van der Waals surface area contributed by atoms with Crippen molar-refractivity contribution in [2.24, 2.45) is 0 Å². The molecule has 0 aliphatic heterocycles. The van der Waals surface area contributed by atoms with Crippen molar-refractivity contribution in [3.63, 3.8) is 0 Å². The predicted molar refractivity (Wildman–Crippen MR) is 119 cm³/mol. The van der Waals surface area contributed by atoms with Gasteiger partial charge >= 0.3 is 37.9 Å². The number of fused-ring (bicyclic) bond motifs is 1. The first-order chi connectivity index (χ1) is 12.6. The largest absolute Gasteiger partial charge is 0.214 e. The summed E-state index contributed by atoms with van der Waals surface area (Å²) >= 11 is -0.826. The molecule has 0 aliphatic carbocycles. The van der Waals surface area contributed by atoms with Crippen LogP contribution in [0.1, 0.15) is 40.5 Å². The van der Waals surface area contributed by atoms with E-state index in [1.165, 1.54) is 23.6 Å². The average molecular weight is 487 g/mol. The zero-order chi connectivity index (χ0) is 19.4. The standard InChI is InChI=1S/C17H24P.C5H5.2ClH.Zr/c1-5-13(3)18(14(4)6-2)17-11-15-9-7-8-10-16(15)12-17;1-2-4-5-3-1;;;/h7-14H,5-6H2,1-4H3;1-5H;2*1H;/q2*-1;;;+4/p-2. The molecule has 0 bridgehead atoms. The van der Waals surface area contributed by atoms with Gasteiger partial charge in [-0.2, -0.15) is 24.3 Å². The summed E-state index contributed by atoms with van der Waals surface area (Å²) in [5.74, 6) is 0. The first-order valence-corrected chi connectivity index (χ1v) is 17.0. The number of benzene rings is 1. The Bertz CT molecular complexity index is 633. The molecule has 0 nitrogen and oxygen atoms in total. The molecule has 0 aromatic heterocycles. The Hall–Kier alpha value is 0.0731. The quantitative estimate of drug-likeness (QED) is 0.253. The van der Waals surface area contributed by atoms with E-state index in [1.54, 1.807) is 5.30 Å². The van der Waals surface area contributed by atoms with Gasteiger partial charge in [-0.1, -0.05) is 41.7 Å². The summed E-state index contributed by atoms with van der Waals surface area (Å²) in [6, 6.07) is 23.6. The minimum absolute atomic E-state index is 0.0252. The van der Waals surface area contributed by atoms with E-state index in [0.29, 0.717) is 0 Å². The second kappa shape index (κ2) is 14.1. The van der Waals surface area contributed by atoms with E-state index in [4.69, 9.17) is 17.0 Å². The molecule has 0 heterocycles. The minimum atomic E-state index is -0.826. The monoisotopic (exact) mass is 484 g/mol. The van der Waals surface area contributed by atoms with Crippen LogP contribution < -0.4 is 5.30 Å². The zero-order valence-corrected chi connectivity index (χ0v) is 21.0. The number of rotatable bonds is 5. The van der Waals surface area contributed by atoms with Crippen molar-refractivity contribution in [1.29, 1.82) is 0 Å². The molecule has 140 valence electrons. The Labute approximate surface area is 179 Å².